The number of primary amides is 1. The molecule has 3 N–H and O–H groups in total. The molecule has 30 heavy (non-hydrogen) atoms. The molecule has 0 radical (unpaired) electrons. The molecule has 0 spiro atoms. The van der Waals surface area contributed by atoms with Crippen molar-refractivity contribution in [1.82, 2.24) is 4.98 Å². The lowest BCUT2D eigenvalue weighted by Crippen LogP contribution is -2.12. The molecule has 7 nitrogen and oxygen atoms in total. The fourth-order valence-electron chi connectivity index (χ4n) is 2.81. The lowest BCUT2D eigenvalue weighted by Gasteiger charge is -2.03. The number of hydrogen-bond acceptors (Lipinski definition) is 6. The number of thiazole rings is 1. The minimum atomic E-state index is -4.23. The van der Waals surface area contributed by atoms with Gasteiger partial charge >= 0.3 is 0 Å². The van der Waals surface area contributed by atoms with Gasteiger partial charge in [0.1, 0.15) is 10.8 Å². The van der Waals surface area contributed by atoms with E-state index in [4.69, 9.17) is 21.9 Å². The zero-order chi connectivity index (χ0) is 21.9. The molecular formula is C20H17ClN2O5S2. The summed E-state index contributed by atoms with van der Waals surface area (Å²) in [5.41, 5.74) is 7.57. The number of ketones is 1. The van der Waals surface area contributed by atoms with Crippen LogP contribution < -0.4 is 5.73 Å². The van der Waals surface area contributed by atoms with Gasteiger partial charge in [0.2, 0.25) is 5.91 Å². The summed E-state index contributed by atoms with van der Waals surface area (Å²) >= 11 is 7.18. The van der Waals surface area contributed by atoms with Crippen molar-refractivity contribution < 1.29 is 22.6 Å². The predicted octanol–water partition coefficient (Wildman–Crippen LogP) is 3.62. The molecule has 2 aromatic carbocycles. The van der Waals surface area contributed by atoms with E-state index in [1.54, 1.807) is 48.5 Å². The van der Waals surface area contributed by atoms with Crippen molar-refractivity contribution in [3.8, 4) is 21.8 Å². The van der Waals surface area contributed by atoms with E-state index in [0.717, 1.165) is 5.56 Å². The molecule has 3 rings (SSSR count). The highest BCUT2D eigenvalue weighted by Gasteiger charge is 2.20. The molecule has 0 aliphatic carbocycles. The first-order valence-electron chi connectivity index (χ1n) is 8.76. The van der Waals surface area contributed by atoms with Crippen LogP contribution in [0.4, 0.5) is 0 Å². The average molecular weight is 465 g/mol. The van der Waals surface area contributed by atoms with Crippen LogP contribution in [0, 0.1) is 0 Å². The highest BCUT2D eigenvalue weighted by molar-refractivity contribution is 7.85. The van der Waals surface area contributed by atoms with E-state index in [9.17, 15) is 18.0 Å². The highest BCUT2D eigenvalue weighted by atomic mass is 35.5. The second-order valence-corrected chi connectivity index (χ2v) is 9.55. The number of halogens is 1. The Morgan fingerprint density at radius 3 is 2.40 bits per heavy atom. The van der Waals surface area contributed by atoms with Crippen molar-refractivity contribution in [2.45, 2.75) is 12.8 Å². The number of nitrogens with zero attached hydrogens (tertiary/aromatic N) is 1. The minimum Gasteiger partial charge on any atom is -0.366 e. The molecule has 3 aromatic rings. The largest absolute Gasteiger partial charge is 0.366 e. The van der Waals surface area contributed by atoms with Crippen molar-refractivity contribution >= 4 is 44.7 Å². The molecule has 0 unspecified atom stereocenters. The highest BCUT2D eigenvalue weighted by Crippen LogP contribution is 2.36. The Labute approximate surface area is 182 Å². The Bertz CT molecular complexity index is 1200. The van der Waals surface area contributed by atoms with Gasteiger partial charge in [0.25, 0.3) is 10.1 Å². The Balaban J connectivity index is 2.03. The smallest absolute Gasteiger partial charge is 0.265 e. The maximum Gasteiger partial charge on any atom is 0.265 e. The first-order valence-corrected chi connectivity index (χ1v) is 11.6. The molecule has 0 fully saturated rings. The van der Waals surface area contributed by atoms with Crippen LogP contribution in [0.25, 0.3) is 21.8 Å². The molecule has 0 saturated carbocycles. The summed E-state index contributed by atoms with van der Waals surface area (Å²) < 4.78 is 30.8. The van der Waals surface area contributed by atoms with E-state index in [1.807, 2.05) is 0 Å². The Morgan fingerprint density at radius 1 is 1.10 bits per heavy atom. The molecule has 1 heterocycles. The molecule has 0 saturated heterocycles. The number of amides is 1. The van der Waals surface area contributed by atoms with Gasteiger partial charge in [-0.1, -0.05) is 41.9 Å². The van der Waals surface area contributed by atoms with E-state index in [1.165, 1.54) is 11.3 Å². The summed E-state index contributed by atoms with van der Waals surface area (Å²) in [5, 5.41) is 1.05. The fourth-order valence-corrected chi connectivity index (χ4v) is 4.58. The van der Waals surface area contributed by atoms with Crippen molar-refractivity contribution in [3.05, 3.63) is 64.0 Å². The van der Waals surface area contributed by atoms with Gasteiger partial charge in [-0.3, -0.25) is 14.1 Å². The van der Waals surface area contributed by atoms with E-state index in [2.05, 4.69) is 4.98 Å². The maximum atomic E-state index is 12.3. The molecule has 156 valence electrons. The summed E-state index contributed by atoms with van der Waals surface area (Å²) in [7, 11) is -4.23. The van der Waals surface area contributed by atoms with Crippen LogP contribution >= 0.6 is 22.9 Å². The van der Waals surface area contributed by atoms with Gasteiger partial charge < -0.3 is 5.73 Å². The number of benzene rings is 2. The number of nitrogens with two attached hydrogens (primary N) is 1. The van der Waals surface area contributed by atoms with Crippen molar-refractivity contribution in [3.63, 3.8) is 0 Å². The first kappa shape index (κ1) is 22.1. The zero-order valence-corrected chi connectivity index (χ0v) is 17.9. The normalized spacial score (nSPS) is 11.4. The van der Waals surface area contributed by atoms with Gasteiger partial charge in [0, 0.05) is 39.4 Å². The summed E-state index contributed by atoms with van der Waals surface area (Å²) in [5.74, 6) is -1.60. The van der Waals surface area contributed by atoms with Crippen LogP contribution in [0.1, 0.15) is 21.7 Å². The van der Waals surface area contributed by atoms with Gasteiger partial charge in [0.15, 0.2) is 0 Å². The van der Waals surface area contributed by atoms with Crippen LogP contribution in [0.2, 0.25) is 5.02 Å². The Morgan fingerprint density at radius 2 is 1.77 bits per heavy atom. The summed E-state index contributed by atoms with van der Waals surface area (Å²) in [6.07, 6.45) is -0.381. The molecule has 10 heteroatoms. The van der Waals surface area contributed by atoms with Gasteiger partial charge in [-0.2, -0.15) is 8.42 Å². The zero-order valence-electron chi connectivity index (χ0n) is 15.5. The number of carbonyl (C=O) groups is 2. The molecule has 0 bridgehead atoms. The summed E-state index contributed by atoms with van der Waals surface area (Å²) in [4.78, 5) is 29.4. The van der Waals surface area contributed by atoms with Gasteiger partial charge in [-0.05, 0) is 18.2 Å². The predicted molar refractivity (Wildman–Crippen MR) is 116 cm³/mol. The van der Waals surface area contributed by atoms with Crippen LogP contribution in [0.3, 0.4) is 0 Å². The molecule has 0 aliphatic rings. The van der Waals surface area contributed by atoms with E-state index in [0.29, 0.717) is 31.7 Å². The van der Waals surface area contributed by atoms with Gasteiger partial charge in [0.05, 0.1) is 11.4 Å². The first-order chi connectivity index (χ1) is 14.1. The van der Waals surface area contributed by atoms with E-state index < -0.39 is 21.8 Å². The number of carbonyl (C=O) groups excluding carboxylic acids is 2. The van der Waals surface area contributed by atoms with E-state index in [-0.39, 0.29) is 18.6 Å². The molecule has 1 aromatic heterocycles. The Hall–Kier alpha value is -2.59. The molecule has 1 amide bonds. The minimum absolute atomic E-state index is 0.0656. The standard InChI is InChI=1S/C20H17ClN2O5S2/c21-13-7-5-12(6-8-13)18-17(11-14(24)9-10-30(26,27)28)29-20(23-18)16-4-2-1-3-15(16)19(22)25/h1-8H,9-11H2,(H2,22,25)(H,26,27,28). The summed E-state index contributed by atoms with van der Waals surface area (Å²) in [6.45, 7) is 0. The lowest BCUT2D eigenvalue weighted by atomic mass is 10.1. The van der Waals surface area contributed by atoms with Crippen molar-refractivity contribution in [2.75, 3.05) is 5.75 Å². The second-order valence-electron chi connectivity index (χ2n) is 6.46. The quantitative estimate of drug-likeness (QED) is 0.490. The average Bonchev–Trinajstić information content (AvgIpc) is 3.10. The van der Waals surface area contributed by atoms with Crippen LogP contribution in [-0.4, -0.2) is 35.4 Å². The third-order valence-corrected chi connectivity index (χ3v) is 6.30. The fraction of sp³-hybridized carbons (Fsp3) is 0.150. The number of rotatable bonds is 8. The maximum absolute atomic E-state index is 12.3. The molecular weight excluding hydrogens is 448 g/mol. The summed E-state index contributed by atoms with van der Waals surface area (Å²) in [6, 6.07) is 13.7. The van der Waals surface area contributed by atoms with Gasteiger partial charge in [-0.25, -0.2) is 4.98 Å². The van der Waals surface area contributed by atoms with Gasteiger partial charge in [-0.15, -0.1) is 11.3 Å². The third kappa shape index (κ3) is 5.51. The van der Waals surface area contributed by atoms with Crippen LogP contribution in [0.5, 0.6) is 0 Å². The third-order valence-electron chi connectivity index (χ3n) is 4.23. The topological polar surface area (TPSA) is 127 Å². The lowest BCUT2D eigenvalue weighted by molar-refractivity contribution is -0.118. The monoisotopic (exact) mass is 464 g/mol. The molecule has 0 atom stereocenters. The van der Waals surface area contributed by atoms with Crippen LogP contribution in [0.15, 0.2) is 48.5 Å². The van der Waals surface area contributed by atoms with Crippen molar-refractivity contribution in [1.29, 1.82) is 0 Å². The number of hydrogen-bond donors (Lipinski definition) is 2. The number of aromatic nitrogens is 1. The second kappa shape index (κ2) is 9.05. The van der Waals surface area contributed by atoms with E-state index >= 15 is 0 Å². The van der Waals surface area contributed by atoms with Crippen LogP contribution in [-0.2, 0) is 21.3 Å². The Kier molecular flexibility index (Phi) is 6.67. The van der Waals surface area contributed by atoms with Crippen molar-refractivity contribution in [2.24, 2.45) is 5.73 Å². The SMILES string of the molecule is NC(=O)c1ccccc1-c1nc(-c2ccc(Cl)cc2)c(CC(=O)CCS(=O)(=O)O)s1. The number of Topliss-reactive ketones (excluding diaryl/α,β-unsaturated/α-hetero) is 1. The molecule has 0 aliphatic heterocycles.